The summed E-state index contributed by atoms with van der Waals surface area (Å²) in [6, 6.07) is 4.50. The maximum atomic E-state index is 11.1. The minimum Gasteiger partial charge on any atom is -0.480 e. The summed E-state index contributed by atoms with van der Waals surface area (Å²) in [6.07, 6.45) is 0. The molecule has 5 nitrogen and oxygen atoms in total. The molecule has 0 spiro atoms. The van der Waals surface area contributed by atoms with Crippen LogP contribution in [-0.4, -0.2) is 21.2 Å². The van der Waals surface area contributed by atoms with Crippen LogP contribution < -0.4 is 0 Å². The largest absolute Gasteiger partial charge is 0.480 e. The Labute approximate surface area is 123 Å². The first-order chi connectivity index (χ1) is 8.82. The summed E-state index contributed by atoms with van der Waals surface area (Å²) < 4.78 is 0.627. The highest BCUT2D eigenvalue weighted by Crippen LogP contribution is 2.29. The van der Waals surface area contributed by atoms with Gasteiger partial charge in [0.05, 0.1) is 4.92 Å². The van der Waals surface area contributed by atoms with E-state index in [2.05, 4.69) is 15.9 Å². The molecule has 0 bridgehead atoms. The maximum Gasteiger partial charge on any atom is 0.316 e. The molecule has 1 aromatic rings. The molecule has 1 aromatic carbocycles. The van der Waals surface area contributed by atoms with E-state index in [1.54, 1.807) is 6.07 Å². The van der Waals surface area contributed by atoms with Gasteiger partial charge in [-0.3, -0.25) is 14.9 Å². The molecule has 1 rings (SSSR count). The maximum absolute atomic E-state index is 11.1. The number of aliphatic carboxylic acids is 1. The number of thioether (sulfide) groups is 1. The predicted octanol–water partition coefficient (Wildman–Crippen LogP) is 3.70. The third kappa shape index (κ3) is 4.50. The van der Waals surface area contributed by atoms with E-state index in [1.807, 2.05) is 13.8 Å². The van der Waals surface area contributed by atoms with Crippen LogP contribution >= 0.6 is 27.7 Å². The minimum absolute atomic E-state index is 0.0132. The first-order valence-electron chi connectivity index (χ1n) is 5.60. The lowest BCUT2D eigenvalue weighted by Crippen LogP contribution is -2.22. The van der Waals surface area contributed by atoms with Crippen LogP contribution in [0.25, 0.3) is 0 Å². The number of hydrogen-bond donors (Lipinski definition) is 1. The monoisotopic (exact) mass is 347 g/mol. The van der Waals surface area contributed by atoms with E-state index in [0.29, 0.717) is 10.2 Å². The molecule has 0 aliphatic heterocycles. The minimum atomic E-state index is -0.835. The average molecular weight is 348 g/mol. The number of nitro benzene ring substituents is 1. The van der Waals surface area contributed by atoms with E-state index < -0.39 is 16.1 Å². The van der Waals surface area contributed by atoms with Gasteiger partial charge in [0.15, 0.2) is 0 Å². The molecule has 19 heavy (non-hydrogen) atoms. The van der Waals surface area contributed by atoms with Crippen molar-refractivity contribution in [2.75, 3.05) is 0 Å². The number of nitrogens with zero attached hydrogens (tertiary/aromatic N) is 1. The Morgan fingerprint density at radius 3 is 2.58 bits per heavy atom. The number of hydrogen-bond acceptors (Lipinski definition) is 4. The number of carboxylic acid groups (broad SMARTS) is 1. The van der Waals surface area contributed by atoms with E-state index >= 15 is 0 Å². The van der Waals surface area contributed by atoms with Crippen LogP contribution in [0.15, 0.2) is 22.7 Å². The van der Waals surface area contributed by atoms with Gasteiger partial charge in [-0.15, -0.1) is 11.8 Å². The SMILES string of the molecule is CC(C)C(SCc1ccc([N+](=O)[O-])cc1Br)C(=O)O. The van der Waals surface area contributed by atoms with Crippen molar-refractivity contribution in [1.82, 2.24) is 0 Å². The fourth-order valence-corrected chi connectivity index (χ4v) is 3.33. The summed E-state index contributed by atoms with van der Waals surface area (Å²) in [5, 5.41) is 19.2. The van der Waals surface area contributed by atoms with Gasteiger partial charge >= 0.3 is 5.97 Å². The number of nitro groups is 1. The van der Waals surface area contributed by atoms with Gasteiger partial charge in [-0.1, -0.05) is 35.8 Å². The van der Waals surface area contributed by atoms with Crippen molar-refractivity contribution in [3.8, 4) is 0 Å². The van der Waals surface area contributed by atoms with Gasteiger partial charge in [-0.05, 0) is 11.5 Å². The molecule has 0 saturated carbocycles. The Hall–Kier alpha value is -1.08. The van der Waals surface area contributed by atoms with Crippen LogP contribution in [0.5, 0.6) is 0 Å². The quantitative estimate of drug-likeness (QED) is 0.626. The van der Waals surface area contributed by atoms with Crippen molar-refractivity contribution in [2.45, 2.75) is 24.9 Å². The molecule has 0 aliphatic carbocycles. The summed E-state index contributed by atoms with van der Waals surface area (Å²) in [5.41, 5.74) is 0.863. The lowest BCUT2D eigenvalue weighted by molar-refractivity contribution is -0.384. The van der Waals surface area contributed by atoms with Gasteiger partial charge in [-0.2, -0.15) is 0 Å². The molecular formula is C12H14BrNO4S. The Morgan fingerprint density at radius 2 is 2.16 bits per heavy atom. The average Bonchev–Trinajstić information content (AvgIpc) is 2.29. The van der Waals surface area contributed by atoms with Gasteiger partial charge in [-0.25, -0.2) is 0 Å². The smallest absolute Gasteiger partial charge is 0.316 e. The second-order valence-electron chi connectivity index (χ2n) is 4.35. The zero-order valence-electron chi connectivity index (χ0n) is 10.5. The van der Waals surface area contributed by atoms with E-state index in [9.17, 15) is 14.9 Å². The first kappa shape index (κ1) is 16.0. The summed E-state index contributed by atoms with van der Waals surface area (Å²) in [4.78, 5) is 21.2. The lowest BCUT2D eigenvalue weighted by Gasteiger charge is -2.15. The molecule has 1 N–H and O–H groups in total. The molecule has 0 fully saturated rings. The van der Waals surface area contributed by atoms with Crippen LogP contribution in [0.3, 0.4) is 0 Å². The molecule has 0 aliphatic rings. The zero-order valence-corrected chi connectivity index (χ0v) is 12.9. The van der Waals surface area contributed by atoms with Crippen molar-refractivity contribution in [3.05, 3.63) is 38.3 Å². The molecule has 1 unspecified atom stereocenters. The second kappa shape index (κ2) is 6.91. The van der Waals surface area contributed by atoms with Crippen molar-refractivity contribution >= 4 is 39.3 Å². The number of carboxylic acids is 1. The molecular weight excluding hydrogens is 334 g/mol. The van der Waals surface area contributed by atoms with Crippen LogP contribution in [0.4, 0.5) is 5.69 Å². The summed E-state index contributed by atoms with van der Waals surface area (Å²) in [7, 11) is 0. The first-order valence-corrected chi connectivity index (χ1v) is 7.44. The fraction of sp³-hybridized carbons (Fsp3) is 0.417. The van der Waals surface area contributed by atoms with Crippen molar-refractivity contribution < 1.29 is 14.8 Å². The Kier molecular flexibility index (Phi) is 5.81. The van der Waals surface area contributed by atoms with Crippen LogP contribution in [0.1, 0.15) is 19.4 Å². The molecule has 0 saturated heterocycles. The van der Waals surface area contributed by atoms with Crippen LogP contribution in [0, 0.1) is 16.0 Å². The van der Waals surface area contributed by atoms with Gasteiger partial charge in [0.25, 0.3) is 5.69 Å². The summed E-state index contributed by atoms with van der Waals surface area (Å²) in [5.74, 6) is -0.314. The number of benzene rings is 1. The summed E-state index contributed by atoms with van der Waals surface area (Å²) >= 11 is 4.59. The topological polar surface area (TPSA) is 80.4 Å². The predicted molar refractivity (Wildman–Crippen MR) is 78.4 cm³/mol. The zero-order chi connectivity index (χ0) is 14.6. The number of halogens is 1. The fourth-order valence-electron chi connectivity index (χ4n) is 1.50. The van der Waals surface area contributed by atoms with Crippen molar-refractivity contribution in [3.63, 3.8) is 0 Å². The highest BCUT2D eigenvalue weighted by atomic mass is 79.9. The number of non-ortho nitro benzene ring substituents is 1. The third-order valence-electron chi connectivity index (χ3n) is 2.51. The Bertz CT molecular complexity index is 493. The van der Waals surface area contributed by atoms with E-state index in [-0.39, 0.29) is 11.6 Å². The normalized spacial score (nSPS) is 12.4. The van der Waals surface area contributed by atoms with Crippen molar-refractivity contribution in [1.29, 1.82) is 0 Å². The highest BCUT2D eigenvalue weighted by Gasteiger charge is 2.22. The van der Waals surface area contributed by atoms with E-state index in [4.69, 9.17) is 5.11 Å². The van der Waals surface area contributed by atoms with Crippen LogP contribution in [0.2, 0.25) is 0 Å². The van der Waals surface area contributed by atoms with Gasteiger partial charge in [0, 0.05) is 22.4 Å². The molecule has 0 aromatic heterocycles. The third-order valence-corrected chi connectivity index (χ3v) is 4.84. The van der Waals surface area contributed by atoms with E-state index in [1.165, 1.54) is 23.9 Å². The molecule has 0 amide bonds. The lowest BCUT2D eigenvalue weighted by atomic mass is 10.1. The Balaban J connectivity index is 2.78. The van der Waals surface area contributed by atoms with Crippen molar-refractivity contribution in [2.24, 2.45) is 5.92 Å². The molecule has 7 heteroatoms. The van der Waals surface area contributed by atoms with Gasteiger partial charge < -0.3 is 5.11 Å². The second-order valence-corrected chi connectivity index (χ2v) is 6.33. The molecule has 1 atom stereocenters. The number of rotatable bonds is 6. The Morgan fingerprint density at radius 1 is 1.53 bits per heavy atom. The van der Waals surface area contributed by atoms with Crippen LogP contribution in [-0.2, 0) is 10.5 Å². The molecule has 104 valence electrons. The molecule has 0 radical (unpaired) electrons. The molecule has 0 heterocycles. The highest BCUT2D eigenvalue weighted by molar-refractivity contribution is 9.10. The summed E-state index contributed by atoms with van der Waals surface area (Å²) in [6.45, 7) is 3.72. The standard InChI is InChI=1S/C12H14BrNO4S/c1-7(2)11(12(15)16)19-6-8-3-4-9(14(17)18)5-10(8)13/h3-5,7,11H,6H2,1-2H3,(H,15,16). The van der Waals surface area contributed by atoms with Gasteiger partial charge in [0.2, 0.25) is 0 Å². The number of carbonyl (C=O) groups is 1. The van der Waals surface area contributed by atoms with E-state index in [0.717, 1.165) is 5.56 Å². The van der Waals surface area contributed by atoms with Gasteiger partial charge in [0.1, 0.15) is 5.25 Å².